The van der Waals surface area contributed by atoms with E-state index >= 15 is 0 Å². The van der Waals surface area contributed by atoms with Gasteiger partial charge in [0.2, 0.25) is 0 Å². The maximum atomic E-state index is 13.1. The first-order valence-electron chi connectivity index (χ1n) is 6.10. The maximum absolute atomic E-state index is 13.1. The molecule has 1 N–H and O–H groups in total. The van der Waals surface area contributed by atoms with Crippen molar-refractivity contribution in [3.63, 3.8) is 0 Å². The Morgan fingerprint density at radius 3 is 3.00 bits per heavy atom. The lowest BCUT2D eigenvalue weighted by Gasteiger charge is -2.31. The average Bonchev–Trinajstić information content (AvgIpc) is 2.27. The molecule has 1 saturated heterocycles. The molecule has 1 aliphatic rings. The zero-order valence-corrected chi connectivity index (χ0v) is 10.8. The van der Waals surface area contributed by atoms with Crippen LogP contribution in [0.4, 0.5) is 10.1 Å². The van der Waals surface area contributed by atoms with Crippen LogP contribution in [0.3, 0.4) is 0 Å². The summed E-state index contributed by atoms with van der Waals surface area (Å²) in [6.45, 7) is 5.19. The monoisotopic (exact) mass is 256 g/mol. The molecule has 0 saturated carbocycles. The Hall–Kier alpha value is -0.800. The number of hydrogen-bond donors (Lipinski definition) is 1. The minimum Gasteiger partial charge on any atom is -0.370 e. The molecule has 1 heterocycles. The Morgan fingerprint density at radius 2 is 2.24 bits per heavy atom. The second-order valence-corrected chi connectivity index (χ2v) is 5.01. The van der Waals surface area contributed by atoms with Gasteiger partial charge in [-0.3, -0.25) is 0 Å². The van der Waals surface area contributed by atoms with Gasteiger partial charge in [0.15, 0.2) is 0 Å². The molecule has 0 bridgehead atoms. The van der Waals surface area contributed by atoms with Gasteiger partial charge >= 0.3 is 0 Å². The Kier molecular flexibility index (Phi) is 4.24. The average molecular weight is 257 g/mol. The highest BCUT2D eigenvalue weighted by atomic mass is 35.5. The van der Waals surface area contributed by atoms with Crippen LogP contribution in [0.2, 0.25) is 5.02 Å². The zero-order chi connectivity index (χ0) is 12.3. The Balaban J connectivity index is 2.15. The molecule has 2 rings (SSSR count). The summed E-state index contributed by atoms with van der Waals surface area (Å²) in [6, 6.07) is 5.40. The third-order valence-electron chi connectivity index (χ3n) is 3.11. The van der Waals surface area contributed by atoms with Crippen molar-refractivity contribution in [1.82, 2.24) is 5.32 Å². The second kappa shape index (κ2) is 5.69. The summed E-state index contributed by atoms with van der Waals surface area (Å²) in [4.78, 5) is 2.27. The first-order chi connectivity index (χ1) is 8.16. The molecule has 0 spiro atoms. The molecule has 4 heteroatoms. The highest BCUT2D eigenvalue weighted by molar-refractivity contribution is 6.31. The molecule has 1 aromatic carbocycles. The predicted octanol–water partition coefficient (Wildman–Crippen LogP) is 3.06. The minimum absolute atomic E-state index is 0.199. The highest BCUT2D eigenvalue weighted by Gasteiger charge is 2.14. The van der Waals surface area contributed by atoms with E-state index in [2.05, 4.69) is 17.1 Å². The standard InChI is InChI=1S/C13H18ClFN2/c1-10-9-17(7-3-2-6-16-10)11-4-5-13(15)12(14)8-11/h4-5,8,10,16H,2-3,6-7,9H2,1H3. The van der Waals surface area contributed by atoms with Crippen LogP contribution in [0.5, 0.6) is 0 Å². The van der Waals surface area contributed by atoms with Gasteiger partial charge in [0.1, 0.15) is 5.82 Å². The van der Waals surface area contributed by atoms with Gasteiger partial charge in [0, 0.05) is 24.8 Å². The Labute approximate surface area is 107 Å². The van der Waals surface area contributed by atoms with Crippen molar-refractivity contribution in [2.75, 3.05) is 24.5 Å². The lowest BCUT2D eigenvalue weighted by atomic mass is 10.1. The number of anilines is 1. The molecule has 0 aromatic heterocycles. The minimum atomic E-state index is -0.353. The number of nitrogens with zero attached hydrogens (tertiary/aromatic N) is 1. The quantitative estimate of drug-likeness (QED) is 0.831. The summed E-state index contributed by atoms with van der Waals surface area (Å²) >= 11 is 5.83. The number of halogens is 2. The molecule has 0 amide bonds. The lowest BCUT2D eigenvalue weighted by molar-refractivity contribution is 0.485. The first-order valence-corrected chi connectivity index (χ1v) is 6.48. The van der Waals surface area contributed by atoms with E-state index < -0.39 is 0 Å². The molecule has 0 aliphatic carbocycles. The van der Waals surface area contributed by atoms with Gasteiger partial charge in [-0.05, 0) is 44.5 Å². The topological polar surface area (TPSA) is 15.3 Å². The van der Waals surface area contributed by atoms with Crippen molar-refractivity contribution in [3.05, 3.63) is 29.0 Å². The SMILES string of the molecule is CC1CN(c2ccc(F)c(Cl)c2)CCCCN1. The van der Waals surface area contributed by atoms with Gasteiger partial charge in [-0.2, -0.15) is 0 Å². The number of nitrogens with one attached hydrogen (secondary N) is 1. The van der Waals surface area contributed by atoms with Crippen molar-refractivity contribution >= 4 is 17.3 Å². The molecule has 1 fully saturated rings. The Bertz CT molecular complexity index is 384. The molecule has 1 unspecified atom stereocenters. The van der Waals surface area contributed by atoms with Gasteiger partial charge in [-0.15, -0.1) is 0 Å². The van der Waals surface area contributed by atoms with E-state index in [1.165, 1.54) is 12.5 Å². The molecule has 17 heavy (non-hydrogen) atoms. The second-order valence-electron chi connectivity index (χ2n) is 4.61. The third kappa shape index (κ3) is 3.33. The zero-order valence-electron chi connectivity index (χ0n) is 10.0. The first kappa shape index (κ1) is 12.7. The fraction of sp³-hybridized carbons (Fsp3) is 0.538. The molecular weight excluding hydrogens is 239 g/mol. The summed E-state index contributed by atoms with van der Waals surface area (Å²) in [6.07, 6.45) is 2.32. The maximum Gasteiger partial charge on any atom is 0.141 e. The summed E-state index contributed by atoms with van der Waals surface area (Å²) < 4.78 is 13.1. The fourth-order valence-corrected chi connectivity index (χ4v) is 2.35. The van der Waals surface area contributed by atoms with Crippen LogP contribution < -0.4 is 10.2 Å². The van der Waals surface area contributed by atoms with Gasteiger partial charge in [0.05, 0.1) is 5.02 Å². The van der Waals surface area contributed by atoms with Crippen LogP contribution in [0.1, 0.15) is 19.8 Å². The van der Waals surface area contributed by atoms with Crippen LogP contribution in [-0.4, -0.2) is 25.7 Å². The molecule has 1 aromatic rings. The van der Waals surface area contributed by atoms with Crippen molar-refractivity contribution in [2.45, 2.75) is 25.8 Å². The van der Waals surface area contributed by atoms with E-state index in [0.717, 1.165) is 31.7 Å². The van der Waals surface area contributed by atoms with Crippen molar-refractivity contribution < 1.29 is 4.39 Å². The van der Waals surface area contributed by atoms with Crippen LogP contribution in [0.15, 0.2) is 18.2 Å². The largest absolute Gasteiger partial charge is 0.370 e. The third-order valence-corrected chi connectivity index (χ3v) is 3.40. The van der Waals surface area contributed by atoms with Gasteiger partial charge in [-0.25, -0.2) is 4.39 Å². The summed E-state index contributed by atoms with van der Waals surface area (Å²) in [5.74, 6) is -0.353. The number of rotatable bonds is 1. The van der Waals surface area contributed by atoms with E-state index in [1.54, 1.807) is 12.1 Å². The van der Waals surface area contributed by atoms with Crippen LogP contribution in [-0.2, 0) is 0 Å². The van der Waals surface area contributed by atoms with E-state index in [4.69, 9.17) is 11.6 Å². The highest BCUT2D eigenvalue weighted by Crippen LogP contribution is 2.23. The van der Waals surface area contributed by atoms with E-state index in [0.29, 0.717) is 6.04 Å². The summed E-state index contributed by atoms with van der Waals surface area (Å²) in [5.41, 5.74) is 1.01. The van der Waals surface area contributed by atoms with Crippen LogP contribution >= 0.6 is 11.6 Å². The summed E-state index contributed by atoms with van der Waals surface area (Å²) in [7, 11) is 0. The van der Waals surface area contributed by atoms with E-state index in [9.17, 15) is 4.39 Å². The van der Waals surface area contributed by atoms with Crippen LogP contribution in [0, 0.1) is 5.82 Å². The summed E-state index contributed by atoms with van der Waals surface area (Å²) in [5, 5.41) is 3.66. The molecule has 94 valence electrons. The molecule has 1 atom stereocenters. The van der Waals surface area contributed by atoms with Crippen molar-refractivity contribution in [1.29, 1.82) is 0 Å². The molecule has 2 nitrogen and oxygen atoms in total. The Morgan fingerprint density at radius 1 is 1.41 bits per heavy atom. The number of hydrogen-bond acceptors (Lipinski definition) is 2. The van der Waals surface area contributed by atoms with Crippen molar-refractivity contribution in [2.24, 2.45) is 0 Å². The molecule has 0 radical (unpaired) electrons. The van der Waals surface area contributed by atoms with Crippen molar-refractivity contribution in [3.8, 4) is 0 Å². The van der Waals surface area contributed by atoms with Crippen LogP contribution in [0.25, 0.3) is 0 Å². The lowest BCUT2D eigenvalue weighted by Crippen LogP contribution is -2.42. The predicted molar refractivity (Wildman–Crippen MR) is 70.3 cm³/mol. The molecular formula is C13H18ClFN2. The molecule has 1 aliphatic heterocycles. The fourth-order valence-electron chi connectivity index (χ4n) is 2.18. The van der Waals surface area contributed by atoms with Gasteiger partial charge < -0.3 is 10.2 Å². The normalized spacial score (nSPS) is 22.1. The van der Waals surface area contributed by atoms with Gasteiger partial charge in [-0.1, -0.05) is 11.6 Å². The number of benzene rings is 1. The van der Waals surface area contributed by atoms with E-state index in [1.807, 2.05) is 0 Å². The van der Waals surface area contributed by atoms with Gasteiger partial charge in [0.25, 0.3) is 0 Å². The smallest absolute Gasteiger partial charge is 0.141 e. The van der Waals surface area contributed by atoms with E-state index in [-0.39, 0.29) is 10.8 Å².